The molecule has 8 aromatic carbocycles. The number of benzene rings is 8. The summed E-state index contributed by atoms with van der Waals surface area (Å²) in [6, 6.07) is 42.7. The highest BCUT2D eigenvalue weighted by Gasteiger charge is 2.21. The molecular weight excluding hydrogens is 544 g/mol. The van der Waals surface area contributed by atoms with Gasteiger partial charge in [-0.25, -0.2) is 0 Å². The Morgan fingerprint density at radius 3 is 1.14 bits per heavy atom. The van der Waals surface area contributed by atoms with Gasteiger partial charge in [-0.15, -0.1) is 0 Å². The summed E-state index contributed by atoms with van der Waals surface area (Å²) in [5, 5.41) is 33.2. The summed E-state index contributed by atoms with van der Waals surface area (Å²) in [5.74, 6) is 1.35. The van der Waals surface area contributed by atoms with Gasteiger partial charge >= 0.3 is 0 Å². The first-order valence-electron chi connectivity index (χ1n) is 15.0. The van der Waals surface area contributed by atoms with E-state index in [1.807, 2.05) is 12.1 Å². The molecule has 0 spiro atoms. The van der Waals surface area contributed by atoms with Gasteiger partial charge in [0.05, 0.1) is 13.2 Å². The first kappa shape index (κ1) is 26.5. The molecule has 4 heteroatoms. The molecule has 0 radical (unpaired) electrons. The molecule has 0 saturated heterocycles. The lowest BCUT2D eigenvalue weighted by Crippen LogP contribution is -2.05. The van der Waals surface area contributed by atoms with E-state index in [1.54, 1.807) is 0 Å². The Morgan fingerprint density at radius 1 is 0.341 bits per heavy atom. The fourth-order valence-corrected chi connectivity index (χ4v) is 6.84. The third kappa shape index (κ3) is 4.15. The van der Waals surface area contributed by atoms with Crippen LogP contribution in [0.15, 0.2) is 121 Å². The molecule has 0 unspecified atom stereocenters. The Labute approximate surface area is 254 Å². The van der Waals surface area contributed by atoms with E-state index in [-0.39, 0.29) is 26.4 Å². The number of ether oxygens (including phenoxy) is 2. The number of hydrogen-bond donors (Lipinski definition) is 2. The second-order valence-corrected chi connectivity index (χ2v) is 11.1. The lowest BCUT2D eigenvalue weighted by Gasteiger charge is -2.21. The van der Waals surface area contributed by atoms with Gasteiger partial charge in [0.1, 0.15) is 24.7 Å². The van der Waals surface area contributed by atoms with Crippen LogP contribution in [-0.4, -0.2) is 36.6 Å². The number of aliphatic hydroxyl groups excluding tert-OH is 2. The van der Waals surface area contributed by atoms with Gasteiger partial charge in [0.25, 0.3) is 0 Å². The molecule has 8 aromatic rings. The molecule has 0 saturated carbocycles. The highest BCUT2D eigenvalue weighted by Crippen LogP contribution is 2.48. The molecule has 44 heavy (non-hydrogen) atoms. The van der Waals surface area contributed by atoms with Crippen LogP contribution in [0.1, 0.15) is 0 Å². The summed E-state index contributed by atoms with van der Waals surface area (Å²) in [7, 11) is 0. The molecule has 0 heterocycles. The summed E-state index contributed by atoms with van der Waals surface area (Å²) >= 11 is 0. The standard InChI is InChI=1S/C40H30O4/c41-21-23-43-37-19-17-33-31-11-9-25-5-1-3-7-27(25)29(31)13-15-35(33)39(37)40-36-16-14-30-28-8-4-2-6-26(28)10-12-32(30)34(36)18-20-38(40)44-24-22-42/h1-20,41-42H,21-24H2. The van der Waals surface area contributed by atoms with Crippen LogP contribution in [0.2, 0.25) is 0 Å². The molecule has 0 aliphatic carbocycles. The fraction of sp³-hybridized carbons (Fsp3) is 0.100. The normalized spacial score (nSPS) is 11.8. The summed E-state index contributed by atoms with van der Waals surface area (Å²) in [6.07, 6.45) is 0. The summed E-state index contributed by atoms with van der Waals surface area (Å²) in [6.45, 7) is 0.150. The van der Waals surface area contributed by atoms with Crippen molar-refractivity contribution in [2.24, 2.45) is 0 Å². The van der Waals surface area contributed by atoms with Crippen LogP contribution in [0.3, 0.4) is 0 Å². The van der Waals surface area contributed by atoms with Crippen molar-refractivity contribution in [1.82, 2.24) is 0 Å². The monoisotopic (exact) mass is 574 g/mol. The summed E-state index contributed by atoms with van der Waals surface area (Å²) < 4.78 is 12.5. The quantitative estimate of drug-likeness (QED) is 0.187. The Morgan fingerprint density at radius 2 is 0.682 bits per heavy atom. The molecule has 0 aliphatic heterocycles. The predicted molar refractivity (Wildman–Crippen MR) is 182 cm³/mol. The van der Waals surface area contributed by atoms with Crippen molar-refractivity contribution >= 4 is 64.6 Å². The fourth-order valence-electron chi connectivity index (χ4n) is 6.84. The van der Waals surface area contributed by atoms with Crippen LogP contribution in [0, 0.1) is 0 Å². The zero-order chi connectivity index (χ0) is 29.6. The van der Waals surface area contributed by atoms with Crippen molar-refractivity contribution < 1.29 is 19.7 Å². The van der Waals surface area contributed by atoms with Crippen molar-refractivity contribution in [3.8, 4) is 22.6 Å². The minimum Gasteiger partial charge on any atom is -0.491 e. The maximum Gasteiger partial charge on any atom is 0.128 e. The zero-order valence-electron chi connectivity index (χ0n) is 24.1. The van der Waals surface area contributed by atoms with Crippen LogP contribution < -0.4 is 9.47 Å². The second kappa shape index (κ2) is 10.8. The molecule has 214 valence electrons. The first-order chi connectivity index (χ1) is 21.8. The number of rotatable bonds is 7. The molecule has 0 aliphatic rings. The molecule has 0 atom stereocenters. The van der Waals surface area contributed by atoms with Crippen molar-refractivity contribution in [3.05, 3.63) is 121 Å². The minimum absolute atomic E-state index is 0.0949. The van der Waals surface area contributed by atoms with Gasteiger partial charge < -0.3 is 19.7 Å². The van der Waals surface area contributed by atoms with E-state index in [4.69, 9.17) is 9.47 Å². The minimum atomic E-state index is -0.0949. The Bertz CT molecular complexity index is 2200. The van der Waals surface area contributed by atoms with E-state index >= 15 is 0 Å². The molecular formula is C40H30O4. The van der Waals surface area contributed by atoms with Crippen molar-refractivity contribution in [1.29, 1.82) is 0 Å². The molecule has 0 amide bonds. The SMILES string of the molecule is OCCOc1ccc2c(ccc3c4ccccc4ccc23)c1-c1c(OCCO)ccc2c1ccc1c3ccccc3ccc21. The van der Waals surface area contributed by atoms with Crippen molar-refractivity contribution in [2.75, 3.05) is 26.4 Å². The van der Waals surface area contributed by atoms with Gasteiger partial charge in [-0.3, -0.25) is 0 Å². The average molecular weight is 575 g/mol. The average Bonchev–Trinajstić information content (AvgIpc) is 3.08. The van der Waals surface area contributed by atoms with E-state index < -0.39 is 0 Å². The molecule has 2 N–H and O–H groups in total. The van der Waals surface area contributed by atoms with Crippen LogP contribution >= 0.6 is 0 Å². The second-order valence-electron chi connectivity index (χ2n) is 11.1. The van der Waals surface area contributed by atoms with Crippen LogP contribution in [0.25, 0.3) is 75.8 Å². The van der Waals surface area contributed by atoms with Gasteiger partial charge in [-0.1, -0.05) is 109 Å². The number of fused-ring (bicyclic) bond motifs is 10. The lowest BCUT2D eigenvalue weighted by molar-refractivity contribution is 0.200. The Balaban J connectivity index is 1.49. The van der Waals surface area contributed by atoms with E-state index in [2.05, 4.69) is 109 Å². The van der Waals surface area contributed by atoms with Crippen molar-refractivity contribution in [3.63, 3.8) is 0 Å². The molecule has 0 fully saturated rings. The van der Waals surface area contributed by atoms with Gasteiger partial charge in [-0.2, -0.15) is 0 Å². The Kier molecular flexibility index (Phi) is 6.52. The topological polar surface area (TPSA) is 58.9 Å². The smallest absolute Gasteiger partial charge is 0.128 e. The van der Waals surface area contributed by atoms with Gasteiger partial charge in [0, 0.05) is 11.1 Å². The van der Waals surface area contributed by atoms with E-state index in [1.165, 1.54) is 32.3 Å². The summed E-state index contributed by atoms with van der Waals surface area (Å²) in [5.41, 5.74) is 1.81. The number of hydrogen-bond acceptors (Lipinski definition) is 4. The molecule has 0 aromatic heterocycles. The Hall–Kier alpha value is -5.16. The predicted octanol–water partition coefficient (Wildman–Crippen LogP) is 9.01. The molecule has 4 nitrogen and oxygen atoms in total. The van der Waals surface area contributed by atoms with E-state index in [0.717, 1.165) is 43.4 Å². The largest absolute Gasteiger partial charge is 0.491 e. The van der Waals surface area contributed by atoms with Gasteiger partial charge in [-0.05, 0) is 76.8 Å². The van der Waals surface area contributed by atoms with Gasteiger partial charge in [0.15, 0.2) is 0 Å². The van der Waals surface area contributed by atoms with E-state index in [9.17, 15) is 10.2 Å². The highest BCUT2D eigenvalue weighted by molar-refractivity contribution is 6.24. The number of aliphatic hydroxyl groups is 2. The lowest BCUT2D eigenvalue weighted by atomic mass is 9.88. The van der Waals surface area contributed by atoms with Gasteiger partial charge in [0.2, 0.25) is 0 Å². The van der Waals surface area contributed by atoms with Crippen molar-refractivity contribution in [2.45, 2.75) is 0 Å². The molecule has 0 bridgehead atoms. The molecule has 8 rings (SSSR count). The third-order valence-corrected chi connectivity index (χ3v) is 8.72. The van der Waals surface area contributed by atoms with Crippen LogP contribution in [0.5, 0.6) is 11.5 Å². The maximum atomic E-state index is 9.71. The first-order valence-corrected chi connectivity index (χ1v) is 15.0. The highest BCUT2D eigenvalue weighted by atomic mass is 16.5. The maximum absolute atomic E-state index is 9.71. The van der Waals surface area contributed by atoms with E-state index in [0.29, 0.717) is 11.5 Å². The summed E-state index contributed by atoms with van der Waals surface area (Å²) in [4.78, 5) is 0. The zero-order valence-corrected chi connectivity index (χ0v) is 24.1. The van der Waals surface area contributed by atoms with Crippen LogP contribution in [0.4, 0.5) is 0 Å². The third-order valence-electron chi connectivity index (χ3n) is 8.72. The van der Waals surface area contributed by atoms with Crippen LogP contribution in [-0.2, 0) is 0 Å².